The van der Waals surface area contributed by atoms with Crippen LogP contribution in [0.3, 0.4) is 0 Å². The van der Waals surface area contributed by atoms with Crippen molar-refractivity contribution < 1.29 is 23.0 Å². The molecule has 0 fully saturated rings. The Bertz CT molecular complexity index is 1520. The molecule has 3 aromatic heterocycles. The Morgan fingerprint density at radius 1 is 1.05 bits per heavy atom. The summed E-state index contributed by atoms with van der Waals surface area (Å²) >= 11 is 0. The molecule has 1 aliphatic rings. The van der Waals surface area contributed by atoms with Gasteiger partial charge in [0, 0.05) is 54.6 Å². The monoisotopic (exact) mass is 510 g/mol. The summed E-state index contributed by atoms with van der Waals surface area (Å²) in [5.74, 6) is 0.551. The number of fused-ring (bicyclic) bond motifs is 2. The van der Waals surface area contributed by atoms with Crippen molar-refractivity contribution in [2.75, 3.05) is 6.61 Å². The molecule has 7 nitrogen and oxygen atoms in total. The molecule has 0 bridgehead atoms. The maximum Gasteiger partial charge on any atom is 0.418 e. The van der Waals surface area contributed by atoms with Crippen molar-refractivity contribution in [2.45, 2.75) is 50.4 Å². The summed E-state index contributed by atoms with van der Waals surface area (Å²) in [6, 6.07) is 6.38. The summed E-state index contributed by atoms with van der Waals surface area (Å²) in [5, 5.41) is 11.4. The lowest BCUT2D eigenvalue weighted by Crippen LogP contribution is -2.52. The number of ether oxygens (including phenoxy) is 1. The van der Waals surface area contributed by atoms with Crippen molar-refractivity contribution in [3.8, 4) is 16.9 Å². The van der Waals surface area contributed by atoms with Gasteiger partial charge in [-0.05, 0) is 41.2 Å². The molecular weight excluding hydrogens is 485 g/mol. The van der Waals surface area contributed by atoms with E-state index in [0.717, 1.165) is 16.7 Å². The third-order valence-electron chi connectivity index (χ3n) is 6.88. The molecular formula is C27H25F3N4O3. The van der Waals surface area contributed by atoms with Gasteiger partial charge in [0.1, 0.15) is 12.1 Å². The first-order valence-corrected chi connectivity index (χ1v) is 11.8. The fourth-order valence-corrected chi connectivity index (χ4v) is 5.07. The molecule has 1 unspecified atom stereocenters. The highest BCUT2D eigenvalue weighted by molar-refractivity contribution is 5.77. The molecule has 0 amide bonds. The van der Waals surface area contributed by atoms with Gasteiger partial charge in [-0.25, -0.2) is 9.97 Å². The predicted molar refractivity (Wildman–Crippen MR) is 131 cm³/mol. The van der Waals surface area contributed by atoms with Gasteiger partial charge in [0.05, 0.1) is 24.1 Å². The Labute approximate surface area is 210 Å². The number of halogens is 3. The SMILES string of the molecule is CC(C)(CC(O)(Cn1ccc(=O)c2cnccc21)C(F)(F)F)c1cc(-c2cncnc2)cc2c1OCC2. The van der Waals surface area contributed by atoms with Gasteiger partial charge in [-0.1, -0.05) is 13.8 Å². The van der Waals surface area contributed by atoms with E-state index in [1.165, 1.54) is 41.6 Å². The Hall–Kier alpha value is -3.79. The molecule has 37 heavy (non-hydrogen) atoms. The van der Waals surface area contributed by atoms with Crippen molar-refractivity contribution in [2.24, 2.45) is 0 Å². The van der Waals surface area contributed by atoms with Crippen molar-refractivity contribution >= 4 is 10.9 Å². The van der Waals surface area contributed by atoms with E-state index >= 15 is 0 Å². The van der Waals surface area contributed by atoms with Crippen LogP contribution in [0, 0.1) is 0 Å². The van der Waals surface area contributed by atoms with Crippen molar-refractivity contribution in [1.82, 2.24) is 19.5 Å². The van der Waals surface area contributed by atoms with Crippen molar-refractivity contribution in [1.29, 1.82) is 0 Å². The number of pyridine rings is 2. The van der Waals surface area contributed by atoms with E-state index in [0.29, 0.717) is 24.3 Å². The van der Waals surface area contributed by atoms with E-state index in [9.17, 15) is 23.1 Å². The molecule has 1 aliphatic heterocycles. The minimum atomic E-state index is -4.96. The van der Waals surface area contributed by atoms with E-state index in [1.807, 2.05) is 6.07 Å². The number of aromatic nitrogens is 4. The molecule has 4 heterocycles. The first-order chi connectivity index (χ1) is 17.5. The fourth-order valence-electron chi connectivity index (χ4n) is 5.07. The maximum atomic E-state index is 14.5. The lowest BCUT2D eigenvalue weighted by Gasteiger charge is -2.39. The molecule has 0 saturated carbocycles. The van der Waals surface area contributed by atoms with Crippen LogP contribution in [-0.2, 0) is 18.4 Å². The number of nitrogens with zero attached hydrogens (tertiary/aromatic N) is 4. The Kier molecular flexibility index (Phi) is 6.02. The predicted octanol–water partition coefficient (Wildman–Crippen LogP) is 4.45. The second-order valence-electron chi connectivity index (χ2n) is 10.0. The van der Waals surface area contributed by atoms with E-state index in [-0.39, 0.29) is 16.3 Å². The normalized spacial score (nSPS) is 15.3. The molecule has 0 aliphatic carbocycles. The molecule has 1 aromatic carbocycles. The third kappa shape index (κ3) is 4.57. The minimum absolute atomic E-state index is 0.179. The number of hydrogen-bond donors (Lipinski definition) is 1. The third-order valence-corrected chi connectivity index (χ3v) is 6.88. The number of hydrogen-bond acceptors (Lipinski definition) is 6. The number of rotatable bonds is 6. The highest BCUT2D eigenvalue weighted by atomic mass is 19.4. The quantitative estimate of drug-likeness (QED) is 0.412. The van der Waals surface area contributed by atoms with E-state index in [4.69, 9.17) is 4.74 Å². The lowest BCUT2D eigenvalue weighted by atomic mass is 9.73. The van der Waals surface area contributed by atoms with Gasteiger partial charge in [-0.2, -0.15) is 13.2 Å². The molecule has 10 heteroatoms. The van der Waals surface area contributed by atoms with Gasteiger partial charge < -0.3 is 14.4 Å². The van der Waals surface area contributed by atoms with E-state index < -0.39 is 30.2 Å². The Morgan fingerprint density at radius 2 is 1.81 bits per heavy atom. The van der Waals surface area contributed by atoms with Crippen LogP contribution in [0.2, 0.25) is 0 Å². The fraction of sp³-hybridized carbons (Fsp3) is 0.333. The molecule has 1 atom stereocenters. The van der Waals surface area contributed by atoms with Crippen molar-refractivity contribution in [3.63, 3.8) is 0 Å². The van der Waals surface area contributed by atoms with Gasteiger partial charge in [0.15, 0.2) is 11.0 Å². The van der Waals surface area contributed by atoms with Gasteiger partial charge in [-0.3, -0.25) is 9.78 Å². The largest absolute Gasteiger partial charge is 0.493 e. The Morgan fingerprint density at radius 3 is 2.54 bits per heavy atom. The van der Waals surface area contributed by atoms with Crippen LogP contribution in [0.25, 0.3) is 22.0 Å². The minimum Gasteiger partial charge on any atom is -0.493 e. The van der Waals surface area contributed by atoms with E-state index in [2.05, 4.69) is 15.0 Å². The smallest absolute Gasteiger partial charge is 0.418 e. The molecule has 0 radical (unpaired) electrons. The lowest BCUT2D eigenvalue weighted by molar-refractivity contribution is -0.271. The van der Waals surface area contributed by atoms with Crippen LogP contribution in [0.1, 0.15) is 31.4 Å². The summed E-state index contributed by atoms with van der Waals surface area (Å²) in [5.41, 5.74) is -1.41. The van der Waals surface area contributed by atoms with Crippen LogP contribution < -0.4 is 10.2 Å². The van der Waals surface area contributed by atoms with Gasteiger partial charge in [0.25, 0.3) is 0 Å². The average molecular weight is 511 g/mol. The average Bonchev–Trinajstić information content (AvgIpc) is 3.33. The highest BCUT2D eigenvalue weighted by Gasteiger charge is 2.56. The Balaban J connectivity index is 1.58. The van der Waals surface area contributed by atoms with Crippen LogP contribution in [0.5, 0.6) is 5.75 Å². The van der Waals surface area contributed by atoms with Gasteiger partial charge in [0.2, 0.25) is 0 Å². The molecule has 0 spiro atoms. The first kappa shape index (κ1) is 24.9. The second kappa shape index (κ2) is 8.95. The van der Waals surface area contributed by atoms with Crippen molar-refractivity contribution in [3.05, 3.63) is 82.9 Å². The molecule has 0 saturated heterocycles. The second-order valence-corrected chi connectivity index (χ2v) is 10.0. The van der Waals surface area contributed by atoms with Crippen LogP contribution >= 0.6 is 0 Å². The van der Waals surface area contributed by atoms with Crippen LogP contribution in [-0.4, -0.2) is 43.0 Å². The summed E-state index contributed by atoms with van der Waals surface area (Å²) < 4.78 is 50.8. The van der Waals surface area contributed by atoms with Gasteiger partial charge >= 0.3 is 6.18 Å². The molecule has 1 N–H and O–H groups in total. The van der Waals surface area contributed by atoms with Gasteiger partial charge in [-0.15, -0.1) is 0 Å². The topological polar surface area (TPSA) is 90.1 Å². The summed E-state index contributed by atoms with van der Waals surface area (Å²) in [4.78, 5) is 24.2. The number of benzene rings is 1. The zero-order chi connectivity index (χ0) is 26.4. The van der Waals surface area contributed by atoms with E-state index in [1.54, 1.807) is 32.3 Å². The molecule has 192 valence electrons. The van der Waals surface area contributed by atoms with Crippen LogP contribution in [0.4, 0.5) is 13.2 Å². The maximum absolute atomic E-state index is 14.5. The molecule has 5 rings (SSSR count). The van der Waals surface area contributed by atoms with Crippen LogP contribution in [0.15, 0.2) is 66.4 Å². The highest BCUT2D eigenvalue weighted by Crippen LogP contribution is 2.47. The zero-order valence-electron chi connectivity index (χ0n) is 20.3. The summed E-state index contributed by atoms with van der Waals surface area (Å²) in [7, 11) is 0. The summed E-state index contributed by atoms with van der Waals surface area (Å²) in [6.07, 6.45) is 3.69. The first-order valence-electron chi connectivity index (χ1n) is 11.8. The number of alkyl halides is 3. The summed E-state index contributed by atoms with van der Waals surface area (Å²) in [6.45, 7) is 2.96. The zero-order valence-corrected chi connectivity index (χ0v) is 20.3. The standard InChI is InChI=1S/C27H25F3N4O3/c1-25(2,21-10-18(19-11-32-16-33-12-19)9-17-5-8-37-24(17)21)14-26(36,27(28,29)30)15-34-7-4-23(35)20-13-31-6-3-22(20)34/h3-4,6-7,9-13,16,36H,5,8,14-15H2,1-2H3. The number of aliphatic hydroxyl groups is 1. The molecule has 4 aromatic rings.